The van der Waals surface area contributed by atoms with E-state index < -0.39 is 55.8 Å². The topological polar surface area (TPSA) is 170 Å². The summed E-state index contributed by atoms with van der Waals surface area (Å²) in [7, 11) is -4.17. The number of carboxylic acid groups (broad SMARTS) is 2. The fourth-order valence-corrected chi connectivity index (χ4v) is 14.2. The van der Waals surface area contributed by atoms with Gasteiger partial charge in [0, 0.05) is 32.6 Å². The second-order valence-electron chi connectivity index (χ2n) is 18.5. The van der Waals surface area contributed by atoms with E-state index in [0.29, 0.717) is 62.4 Å². The van der Waals surface area contributed by atoms with Crippen LogP contribution in [0.5, 0.6) is 0 Å². The second kappa shape index (κ2) is 11.7. The Kier molecular flexibility index (Phi) is 7.52. The standard InChI is InChI=1S/C46H48N2O8S/c1-43-17-15-39(49)45(3,41(51)52)37(43)13-9-24-19-34-29(22-31(24)43)28-21-26(11-12-33(28)47-34)57(55,56)48-35-8-6-5-7-27(35)30-23-32-25(20-36(30)48)10-14-38-44(32,2)18-16-40(50)46(38,4)42(53)54/h5-8,11-12,19-23,37-40,47,49-50H,9-10,13-18H2,1-4H3,(H,51,52)(H,53,54). The van der Waals surface area contributed by atoms with Gasteiger partial charge in [-0.2, -0.15) is 0 Å². The number of hydrogen-bond donors (Lipinski definition) is 5. The van der Waals surface area contributed by atoms with Gasteiger partial charge in [-0.3, -0.25) is 9.59 Å². The van der Waals surface area contributed by atoms with Crippen molar-refractivity contribution in [1.29, 1.82) is 0 Å². The summed E-state index contributed by atoms with van der Waals surface area (Å²) in [5, 5.41) is 46.0. The zero-order chi connectivity index (χ0) is 40.2. The molecule has 0 amide bonds. The van der Waals surface area contributed by atoms with Crippen molar-refractivity contribution >= 4 is 65.6 Å². The van der Waals surface area contributed by atoms with Crippen molar-refractivity contribution in [1.82, 2.24) is 8.96 Å². The number of para-hydroxylation sites is 1. The summed E-state index contributed by atoms with van der Waals surface area (Å²) in [6.07, 6.45) is 2.64. The number of rotatable bonds is 4. The maximum Gasteiger partial charge on any atom is 0.312 e. The minimum absolute atomic E-state index is 0.142. The molecule has 2 heterocycles. The smallest absolute Gasteiger partial charge is 0.312 e. The first kappa shape index (κ1) is 36.6. The molecular weight excluding hydrogens is 741 g/mol. The molecule has 2 saturated carbocycles. The first-order valence-electron chi connectivity index (χ1n) is 20.2. The highest BCUT2D eigenvalue weighted by atomic mass is 32.2. The zero-order valence-corrected chi connectivity index (χ0v) is 33.4. The summed E-state index contributed by atoms with van der Waals surface area (Å²) in [6, 6.07) is 21.1. The van der Waals surface area contributed by atoms with Gasteiger partial charge in [0.05, 0.1) is 39.0 Å². The molecule has 57 heavy (non-hydrogen) atoms. The number of carboxylic acids is 2. The average molecular weight is 789 g/mol. The molecule has 2 aromatic heterocycles. The van der Waals surface area contributed by atoms with E-state index in [1.807, 2.05) is 36.4 Å². The summed E-state index contributed by atoms with van der Waals surface area (Å²) in [5.74, 6) is -2.52. The van der Waals surface area contributed by atoms with Crippen LogP contribution in [0.25, 0.3) is 43.6 Å². The van der Waals surface area contributed by atoms with E-state index in [4.69, 9.17) is 0 Å². The van der Waals surface area contributed by atoms with Gasteiger partial charge in [0.15, 0.2) is 0 Å². The summed E-state index contributed by atoms with van der Waals surface area (Å²) < 4.78 is 31.7. The van der Waals surface area contributed by atoms with Crippen molar-refractivity contribution in [3.8, 4) is 0 Å². The van der Waals surface area contributed by atoms with Crippen LogP contribution in [0, 0.1) is 22.7 Å². The van der Waals surface area contributed by atoms with Gasteiger partial charge >= 0.3 is 11.9 Å². The highest BCUT2D eigenvalue weighted by Gasteiger charge is 2.61. The van der Waals surface area contributed by atoms with Crippen molar-refractivity contribution in [3.63, 3.8) is 0 Å². The largest absolute Gasteiger partial charge is 0.481 e. The Morgan fingerprint density at radius 3 is 1.79 bits per heavy atom. The molecule has 5 N–H and O–H groups in total. The SMILES string of the molecule is CC12CCC(O)C(C)(C(=O)O)C1CCc1cc3[nH]c4ccc(S(=O)(=O)n5c6ccccc6c6cc7c(cc65)CCC5C7(C)CCC(O)C5(C)C(=O)O)cc4c3cc12. The van der Waals surface area contributed by atoms with Gasteiger partial charge < -0.3 is 25.4 Å². The predicted molar refractivity (Wildman–Crippen MR) is 218 cm³/mol. The maximum atomic E-state index is 15.1. The highest BCUT2D eigenvalue weighted by molar-refractivity contribution is 7.90. The second-order valence-corrected chi connectivity index (χ2v) is 20.3. The summed E-state index contributed by atoms with van der Waals surface area (Å²) in [6.45, 7) is 7.60. The van der Waals surface area contributed by atoms with E-state index in [1.54, 1.807) is 26.0 Å². The number of aromatic nitrogens is 2. The van der Waals surface area contributed by atoms with E-state index in [-0.39, 0.29) is 16.7 Å². The highest BCUT2D eigenvalue weighted by Crippen LogP contribution is 2.59. The lowest BCUT2D eigenvalue weighted by atomic mass is 9.49. The van der Waals surface area contributed by atoms with Crippen LogP contribution in [0.2, 0.25) is 0 Å². The van der Waals surface area contributed by atoms with E-state index >= 15 is 8.42 Å². The third-order valence-corrected chi connectivity index (χ3v) is 17.7. The third kappa shape index (κ3) is 4.56. The lowest BCUT2D eigenvalue weighted by Crippen LogP contribution is -2.58. The molecule has 8 atom stereocenters. The van der Waals surface area contributed by atoms with E-state index in [2.05, 4.69) is 37.0 Å². The molecule has 11 heteroatoms. The van der Waals surface area contributed by atoms with Crippen LogP contribution in [-0.2, 0) is 43.3 Å². The van der Waals surface area contributed by atoms with Gasteiger partial charge in [-0.25, -0.2) is 12.4 Å². The Labute approximate surface area is 330 Å². The zero-order valence-electron chi connectivity index (χ0n) is 32.6. The van der Waals surface area contributed by atoms with Gasteiger partial charge in [0.2, 0.25) is 0 Å². The fourth-order valence-electron chi connectivity index (χ4n) is 12.7. The van der Waals surface area contributed by atoms with Gasteiger partial charge in [0.1, 0.15) is 0 Å². The molecule has 0 saturated heterocycles. The molecule has 2 fully saturated rings. The van der Waals surface area contributed by atoms with Crippen LogP contribution < -0.4 is 0 Å². The van der Waals surface area contributed by atoms with Crippen molar-refractivity contribution in [3.05, 3.63) is 89.0 Å². The average Bonchev–Trinajstić information content (AvgIpc) is 3.71. The van der Waals surface area contributed by atoms with Crippen molar-refractivity contribution < 1.29 is 38.4 Å². The van der Waals surface area contributed by atoms with Gasteiger partial charge in [-0.15, -0.1) is 0 Å². The number of aliphatic carboxylic acids is 2. The molecule has 10 rings (SSSR count). The number of H-pyrrole nitrogens is 1. The molecule has 6 aromatic rings. The molecule has 4 aromatic carbocycles. The number of aliphatic hydroxyl groups excluding tert-OH is 2. The Morgan fingerprint density at radius 2 is 1.19 bits per heavy atom. The lowest BCUT2D eigenvalue weighted by Gasteiger charge is -2.55. The molecule has 8 unspecified atom stereocenters. The van der Waals surface area contributed by atoms with Crippen LogP contribution >= 0.6 is 0 Å². The molecule has 0 aliphatic heterocycles. The van der Waals surface area contributed by atoms with E-state index in [9.17, 15) is 30.0 Å². The molecule has 4 aliphatic rings. The monoisotopic (exact) mass is 788 g/mol. The number of nitrogens with zero attached hydrogens (tertiary/aromatic N) is 1. The van der Waals surface area contributed by atoms with E-state index in [1.165, 1.54) is 3.97 Å². The number of nitrogens with one attached hydrogen (secondary N) is 1. The van der Waals surface area contributed by atoms with Crippen LogP contribution in [-0.4, -0.2) is 61.9 Å². The van der Waals surface area contributed by atoms with Crippen LogP contribution in [0.4, 0.5) is 0 Å². The fraction of sp³-hybridized carbons (Fsp3) is 0.435. The molecular formula is C46H48N2O8S. The molecule has 0 spiro atoms. The normalized spacial score (nSPS) is 32.5. The lowest BCUT2D eigenvalue weighted by molar-refractivity contribution is -0.172. The summed E-state index contributed by atoms with van der Waals surface area (Å²) in [5.41, 5.74) is 3.49. The Bertz CT molecular complexity index is 2880. The Morgan fingerprint density at radius 1 is 0.649 bits per heavy atom. The third-order valence-electron chi connectivity index (χ3n) is 16.0. The van der Waals surface area contributed by atoms with Crippen LogP contribution in [0.3, 0.4) is 0 Å². The molecule has 0 bridgehead atoms. The number of aliphatic hydroxyl groups is 2. The summed E-state index contributed by atoms with van der Waals surface area (Å²) in [4.78, 5) is 29.0. The number of carbonyl (C=O) groups is 2. The Hall–Kier alpha value is -4.71. The molecule has 296 valence electrons. The van der Waals surface area contributed by atoms with Crippen molar-refractivity contribution in [2.45, 2.75) is 107 Å². The van der Waals surface area contributed by atoms with Crippen molar-refractivity contribution in [2.24, 2.45) is 22.7 Å². The van der Waals surface area contributed by atoms with Crippen molar-refractivity contribution in [2.75, 3.05) is 0 Å². The Balaban J connectivity index is 1.12. The maximum absolute atomic E-state index is 15.1. The molecule has 4 aliphatic carbocycles. The molecule has 10 nitrogen and oxygen atoms in total. The van der Waals surface area contributed by atoms with Gasteiger partial charge in [0.25, 0.3) is 10.0 Å². The first-order valence-corrected chi connectivity index (χ1v) is 21.6. The van der Waals surface area contributed by atoms with Crippen LogP contribution in [0.15, 0.2) is 71.6 Å². The van der Waals surface area contributed by atoms with Gasteiger partial charge in [-0.1, -0.05) is 32.0 Å². The number of aromatic amines is 1. The molecule has 0 radical (unpaired) electrons. The number of fused-ring (bicyclic) bond motifs is 12. The van der Waals surface area contributed by atoms with Gasteiger partial charge in [-0.05, 0) is 159 Å². The number of benzene rings is 4. The quantitative estimate of drug-likeness (QED) is 0.121. The number of hydrogen-bond acceptors (Lipinski definition) is 6. The first-order chi connectivity index (χ1) is 27.0. The number of aryl methyl sites for hydroxylation is 2. The predicted octanol–water partition coefficient (Wildman–Crippen LogP) is 7.80. The summed E-state index contributed by atoms with van der Waals surface area (Å²) >= 11 is 0. The minimum atomic E-state index is -4.17. The minimum Gasteiger partial charge on any atom is -0.481 e. The van der Waals surface area contributed by atoms with E-state index in [0.717, 1.165) is 54.8 Å². The van der Waals surface area contributed by atoms with Crippen LogP contribution in [0.1, 0.15) is 88.5 Å².